The lowest BCUT2D eigenvalue weighted by Crippen LogP contribution is -2.38. The lowest BCUT2D eigenvalue weighted by atomic mass is 10.1. The van der Waals surface area contributed by atoms with Gasteiger partial charge in [-0.1, -0.05) is 37.3 Å². The van der Waals surface area contributed by atoms with Crippen LogP contribution in [0, 0.1) is 0 Å². The molecule has 0 heterocycles. The third-order valence-electron chi connectivity index (χ3n) is 3.33. The van der Waals surface area contributed by atoms with Crippen molar-refractivity contribution in [3.63, 3.8) is 0 Å². The molecule has 0 saturated carbocycles. The lowest BCUT2D eigenvalue weighted by molar-refractivity contribution is 0.113. The largest absolute Gasteiger partial charge is 0.387 e. The molecule has 1 aromatic carbocycles. The predicted octanol–water partition coefficient (Wildman–Crippen LogP) is 1.48. The minimum atomic E-state index is -2.99. The molecule has 0 saturated heterocycles. The topological polar surface area (TPSA) is 57.6 Å². The number of aliphatic hydroxyl groups is 1. The summed E-state index contributed by atoms with van der Waals surface area (Å²) in [6, 6.07) is 9.28. The van der Waals surface area contributed by atoms with E-state index >= 15 is 0 Å². The van der Waals surface area contributed by atoms with E-state index in [2.05, 4.69) is 0 Å². The van der Waals surface area contributed by atoms with Crippen LogP contribution in [0.25, 0.3) is 0 Å². The summed E-state index contributed by atoms with van der Waals surface area (Å²) < 4.78 is 23.2. The first kappa shape index (κ1) is 16.1. The average molecular weight is 285 g/mol. The second-order valence-electron chi connectivity index (χ2n) is 4.91. The monoisotopic (exact) mass is 285 g/mol. The van der Waals surface area contributed by atoms with E-state index in [0.717, 1.165) is 5.56 Å². The highest BCUT2D eigenvalue weighted by atomic mass is 32.2. The third-order valence-corrected chi connectivity index (χ3v) is 5.20. The summed E-state index contributed by atoms with van der Waals surface area (Å²) in [5.41, 5.74) is 0.847. The minimum Gasteiger partial charge on any atom is -0.387 e. The van der Waals surface area contributed by atoms with E-state index in [1.54, 1.807) is 6.92 Å². The summed E-state index contributed by atoms with van der Waals surface area (Å²) in [4.78, 5) is 1.88. The number of nitrogens with zero attached hydrogens (tertiary/aromatic N) is 1. The molecule has 5 heteroatoms. The molecule has 1 rings (SSSR count). The fourth-order valence-electron chi connectivity index (χ4n) is 1.85. The van der Waals surface area contributed by atoms with Crippen molar-refractivity contribution >= 4 is 9.84 Å². The SMILES string of the molecule is CCS(=O)(=O)CC(C)N(C)CC(O)c1ccccc1. The summed E-state index contributed by atoms with van der Waals surface area (Å²) >= 11 is 0. The Hall–Kier alpha value is -0.910. The van der Waals surface area contributed by atoms with Crippen molar-refractivity contribution in [2.24, 2.45) is 0 Å². The Labute approximate surface area is 116 Å². The van der Waals surface area contributed by atoms with Gasteiger partial charge in [-0.05, 0) is 19.5 Å². The highest BCUT2D eigenvalue weighted by Crippen LogP contribution is 2.14. The van der Waals surface area contributed by atoms with Crippen molar-refractivity contribution in [3.05, 3.63) is 35.9 Å². The maximum Gasteiger partial charge on any atom is 0.151 e. The summed E-state index contributed by atoms with van der Waals surface area (Å²) in [7, 11) is -1.15. The molecule has 0 spiro atoms. The standard InChI is InChI=1S/C14H23NO3S/c1-4-19(17,18)11-12(2)15(3)10-14(16)13-8-6-5-7-9-13/h5-9,12,14,16H,4,10-11H2,1-3H3. The molecule has 0 amide bonds. The van der Waals surface area contributed by atoms with E-state index in [4.69, 9.17) is 0 Å². The third kappa shape index (κ3) is 5.30. The molecule has 0 aromatic heterocycles. The van der Waals surface area contributed by atoms with Gasteiger partial charge in [0.15, 0.2) is 9.84 Å². The van der Waals surface area contributed by atoms with Crippen molar-refractivity contribution in [3.8, 4) is 0 Å². The second-order valence-corrected chi connectivity index (χ2v) is 7.31. The van der Waals surface area contributed by atoms with Crippen LogP contribution in [-0.2, 0) is 9.84 Å². The fourth-order valence-corrected chi connectivity index (χ4v) is 3.07. The Morgan fingerprint density at radius 1 is 1.26 bits per heavy atom. The molecule has 0 aliphatic heterocycles. The molecule has 19 heavy (non-hydrogen) atoms. The van der Waals surface area contributed by atoms with Gasteiger partial charge in [0, 0.05) is 18.3 Å². The molecule has 0 fully saturated rings. The number of hydrogen-bond donors (Lipinski definition) is 1. The molecule has 0 bridgehead atoms. The van der Waals surface area contributed by atoms with Gasteiger partial charge in [-0.15, -0.1) is 0 Å². The van der Waals surface area contributed by atoms with Crippen molar-refractivity contribution in [1.29, 1.82) is 0 Å². The van der Waals surface area contributed by atoms with Crippen LogP contribution in [0.4, 0.5) is 0 Å². The number of sulfone groups is 1. The first-order chi connectivity index (χ1) is 8.85. The Balaban J connectivity index is 2.57. The van der Waals surface area contributed by atoms with Crippen LogP contribution in [0.3, 0.4) is 0 Å². The number of aliphatic hydroxyl groups excluding tert-OH is 1. The van der Waals surface area contributed by atoms with Gasteiger partial charge < -0.3 is 5.11 Å². The van der Waals surface area contributed by atoms with Crippen LogP contribution in [0.15, 0.2) is 30.3 Å². The molecule has 0 aliphatic rings. The molecule has 1 N–H and O–H groups in total. The van der Waals surface area contributed by atoms with Crippen molar-refractivity contribution in [2.45, 2.75) is 26.0 Å². The van der Waals surface area contributed by atoms with Gasteiger partial charge in [0.2, 0.25) is 0 Å². The molecule has 108 valence electrons. The van der Waals surface area contributed by atoms with E-state index in [1.807, 2.05) is 49.2 Å². The summed E-state index contributed by atoms with van der Waals surface area (Å²) in [5, 5.41) is 10.1. The normalized spacial score (nSPS) is 15.4. The van der Waals surface area contributed by atoms with E-state index < -0.39 is 15.9 Å². The van der Waals surface area contributed by atoms with Crippen molar-refractivity contribution in [1.82, 2.24) is 4.90 Å². The number of benzene rings is 1. The maximum atomic E-state index is 11.6. The van der Waals surface area contributed by atoms with E-state index in [1.165, 1.54) is 0 Å². The zero-order valence-corrected chi connectivity index (χ0v) is 12.6. The van der Waals surface area contributed by atoms with E-state index in [-0.39, 0.29) is 17.5 Å². The lowest BCUT2D eigenvalue weighted by Gasteiger charge is -2.26. The van der Waals surface area contributed by atoms with Crippen molar-refractivity contribution in [2.75, 3.05) is 25.1 Å². The molecule has 1 aromatic rings. The Morgan fingerprint density at radius 3 is 2.37 bits per heavy atom. The zero-order chi connectivity index (χ0) is 14.5. The molecular weight excluding hydrogens is 262 g/mol. The fraction of sp³-hybridized carbons (Fsp3) is 0.571. The van der Waals surface area contributed by atoms with Gasteiger partial charge in [-0.3, -0.25) is 4.90 Å². The Morgan fingerprint density at radius 2 is 1.84 bits per heavy atom. The number of rotatable bonds is 7. The van der Waals surface area contributed by atoms with E-state index in [9.17, 15) is 13.5 Å². The van der Waals surface area contributed by atoms with E-state index in [0.29, 0.717) is 6.54 Å². The quantitative estimate of drug-likeness (QED) is 0.824. The highest BCUT2D eigenvalue weighted by Gasteiger charge is 2.20. The molecule has 2 atom stereocenters. The highest BCUT2D eigenvalue weighted by molar-refractivity contribution is 7.91. The number of hydrogen-bond acceptors (Lipinski definition) is 4. The van der Waals surface area contributed by atoms with Crippen LogP contribution < -0.4 is 0 Å². The van der Waals surface area contributed by atoms with Gasteiger partial charge in [-0.2, -0.15) is 0 Å². The van der Waals surface area contributed by atoms with Crippen LogP contribution in [0.5, 0.6) is 0 Å². The van der Waals surface area contributed by atoms with Gasteiger partial charge in [0.1, 0.15) is 0 Å². The molecule has 0 aliphatic carbocycles. The molecule has 2 unspecified atom stereocenters. The average Bonchev–Trinajstić information content (AvgIpc) is 2.39. The smallest absolute Gasteiger partial charge is 0.151 e. The Kier molecular flexibility index (Phi) is 5.97. The van der Waals surface area contributed by atoms with Gasteiger partial charge in [0.05, 0.1) is 11.9 Å². The molecular formula is C14H23NO3S. The van der Waals surface area contributed by atoms with Crippen molar-refractivity contribution < 1.29 is 13.5 Å². The van der Waals surface area contributed by atoms with Crippen LogP contribution >= 0.6 is 0 Å². The van der Waals surface area contributed by atoms with Crippen LogP contribution in [0.1, 0.15) is 25.5 Å². The second kappa shape index (κ2) is 7.03. The summed E-state index contributed by atoms with van der Waals surface area (Å²) in [6.45, 7) is 3.94. The van der Waals surface area contributed by atoms with Crippen LogP contribution in [-0.4, -0.2) is 49.6 Å². The maximum absolute atomic E-state index is 11.6. The molecule has 4 nitrogen and oxygen atoms in total. The van der Waals surface area contributed by atoms with Gasteiger partial charge in [-0.25, -0.2) is 8.42 Å². The van der Waals surface area contributed by atoms with Gasteiger partial charge >= 0.3 is 0 Å². The summed E-state index contributed by atoms with van der Waals surface area (Å²) in [6.07, 6.45) is -0.599. The first-order valence-corrected chi connectivity index (χ1v) is 8.31. The van der Waals surface area contributed by atoms with Crippen LogP contribution in [0.2, 0.25) is 0 Å². The number of likely N-dealkylation sites (N-methyl/N-ethyl adjacent to an activating group) is 1. The Bertz CT molecular complexity index is 473. The van der Waals surface area contributed by atoms with Gasteiger partial charge in [0.25, 0.3) is 0 Å². The predicted molar refractivity (Wildman–Crippen MR) is 77.8 cm³/mol. The summed E-state index contributed by atoms with van der Waals surface area (Å²) in [5.74, 6) is 0.286. The molecule has 0 radical (unpaired) electrons. The minimum absolute atomic E-state index is 0.108. The first-order valence-electron chi connectivity index (χ1n) is 6.49. The zero-order valence-electron chi connectivity index (χ0n) is 11.8.